The number of nitrogens with zero attached hydrogens (tertiary/aromatic N) is 2. The third-order valence-corrected chi connectivity index (χ3v) is 5.37. The van der Waals surface area contributed by atoms with Gasteiger partial charge < -0.3 is 13.7 Å². The Kier molecular flexibility index (Phi) is 5.46. The van der Waals surface area contributed by atoms with Crippen LogP contribution in [0.4, 0.5) is 0 Å². The van der Waals surface area contributed by atoms with Gasteiger partial charge in [-0.25, -0.2) is 5.43 Å². The standard InChI is InChI=1S/C23H20BrN3O3/c1-14-10-17(15(2)27(14)19-5-7-20(29-3)8-6-19)13-25-26-23(28)22-12-16-11-18(24)4-9-21(16)30-22/h4-13H,1-3H3,(H,26,28)/b25-13+. The van der Waals surface area contributed by atoms with E-state index in [1.54, 1.807) is 19.4 Å². The molecule has 2 aromatic carbocycles. The van der Waals surface area contributed by atoms with Crippen molar-refractivity contribution in [3.05, 3.63) is 81.8 Å². The molecule has 0 spiro atoms. The number of hydrogen-bond acceptors (Lipinski definition) is 4. The van der Waals surface area contributed by atoms with E-state index in [-0.39, 0.29) is 5.76 Å². The average Bonchev–Trinajstić information content (AvgIpc) is 3.28. The van der Waals surface area contributed by atoms with E-state index in [0.29, 0.717) is 5.58 Å². The number of rotatable bonds is 5. The smallest absolute Gasteiger partial charge is 0.307 e. The number of fused-ring (bicyclic) bond motifs is 1. The van der Waals surface area contributed by atoms with E-state index in [1.165, 1.54) is 0 Å². The maximum absolute atomic E-state index is 12.4. The van der Waals surface area contributed by atoms with E-state index < -0.39 is 5.91 Å². The number of hydrazone groups is 1. The minimum Gasteiger partial charge on any atom is -0.497 e. The second-order valence-corrected chi connectivity index (χ2v) is 7.77. The normalized spacial score (nSPS) is 11.3. The summed E-state index contributed by atoms with van der Waals surface area (Å²) in [6.45, 7) is 4.04. The highest BCUT2D eigenvalue weighted by Crippen LogP contribution is 2.24. The third-order valence-electron chi connectivity index (χ3n) is 4.87. The van der Waals surface area contributed by atoms with Crippen LogP contribution in [-0.2, 0) is 0 Å². The molecule has 0 aliphatic rings. The summed E-state index contributed by atoms with van der Waals surface area (Å²) in [5, 5.41) is 4.96. The Morgan fingerprint density at radius 3 is 2.63 bits per heavy atom. The maximum Gasteiger partial charge on any atom is 0.307 e. The first-order valence-electron chi connectivity index (χ1n) is 9.32. The monoisotopic (exact) mass is 465 g/mol. The fraction of sp³-hybridized carbons (Fsp3) is 0.130. The van der Waals surface area contributed by atoms with Crippen LogP contribution in [0.3, 0.4) is 0 Å². The Bertz CT molecular complexity index is 1250. The molecule has 0 saturated carbocycles. The highest BCUT2D eigenvalue weighted by molar-refractivity contribution is 9.10. The third kappa shape index (κ3) is 3.89. The molecule has 0 saturated heterocycles. The van der Waals surface area contributed by atoms with Crippen LogP contribution in [-0.4, -0.2) is 23.8 Å². The van der Waals surface area contributed by atoms with Crippen LogP contribution in [0, 0.1) is 13.8 Å². The van der Waals surface area contributed by atoms with E-state index in [9.17, 15) is 4.79 Å². The van der Waals surface area contributed by atoms with Gasteiger partial charge in [0.2, 0.25) is 0 Å². The Morgan fingerprint density at radius 1 is 1.13 bits per heavy atom. The number of furan rings is 1. The first-order valence-corrected chi connectivity index (χ1v) is 10.1. The molecule has 0 fully saturated rings. The Hall–Kier alpha value is -3.32. The Morgan fingerprint density at radius 2 is 1.90 bits per heavy atom. The van der Waals surface area contributed by atoms with Crippen molar-refractivity contribution in [1.29, 1.82) is 0 Å². The van der Waals surface area contributed by atoms with Gasteiger partial charge in [0.15, 0.2) is 5.76 Å². The summed E-state index contributed by atoms with van der Waals surface area (Å²) in [6.07, 6.45) is 1.64. The predicted octanol–water partition coefficient (Wildman–Crippen LogP) is 5.38. The van der Waals surface area contributed by atoms with Gasteiger partial charge in [0.1, 0.15) is 11.3 Å². The largest absolute Gasteiger partial charge is 0.497 e. The van der Waals surface area contributed by atoms with Crippen LogP contribution in [0.15, 0.2) is 68.6 Å². The molecule has 1 N–H and O–H groups in total. The summed E-state index contributed by atoms with van der Waals surface area (Å²) in [7, 11) is 1.65. The molecule has 0 bridgehead atoms. The molecule has 7 heteroatoms. The molecule has 1 amide bonds. The minimum absolute atomic E-state index is 0.212. The molecule has 4 rings (SSSR count). The number of amides is 1. The number of methoxy groups -OCH3 is 1. The number of nitrogens with one attached hydrogen (secondary N) is 1. The van der Waals surface area contributed by atoms with E-state index in [4.69, 9.17) is 9.15 Å². The van der Waals surface area contributed by atoms with Crippen LogP contribution in [0.25, 0.3) is 16.7 Å². The Balaban J connectivity index is 1.51. The second-order valence-electron chi connectivity index (χ2n) is 6.85. The topological polar surface area (TPSA) is 68.8 Å². The predicted molar refractivity (Wildman–Crippen MR) is 121 cm³/mol. The fourth-order valence-corrected chi connectivity index (χ4v) is 3.77. The van der Waals surface area contributed by atoms with Crippen LogP contribution < -0.4 is 10.2 Å². The molecule has 2 heterocycles. The zero-order valence-electron chi connectivity index (χ0n) is 16.8. The SMILES string of the molecule is COc1ccc(-n2c(C)cc(/C=N/NC(=O)c3cc4cc(Br)ccc4o3)c2C)cc1. The van der Waals surface area contributed by atoms with Crippen molar-refractivity contribution in [1.82, 2.24) is 9.99 Å². The lowest BCUT2D eigenvalue weighted by Crippen LogP contribution is -2.16. The van der Waals surface area contributed by atoms with Gasteiger partial charge >= 0.3 is 5.91 Å². The van der Waals surface area contributed by atoms with E-state index >= 15 is 0 Å². The second kappa shape index (κ2) is 8.20. The number of carbonyl (C=O) groups is 1. The summed E-state index contributed by atoms with van der Waals surface area (Å²) < 4.78 is 13.9. The van der Waals surface area contributed by atoms with Crippen molar-refractivity contribution >= 4 is 39.0 Å². The number of hydrogen-bond donors (Lipinski definition) is 1. The number of aromatic nitrogens is 1. The number of halogens is 1. The van der Waals surface area contributed by atoms with Gasteiger partial charge in [-0.1, -0.05) is 15.9 Å². The number of aryl methyl sites for hydroxylation is 1. The van der Waals surface area contributed by atoms with Crippen molar-refractivity contribution in [2.75, 3.05) is 7.11 Å². The number of benzene rings is 2. The van der Waals surface area contributed by atoms with Gasteiger partial charge in [0.25, 0.3) is 0 Å². The molecule has 2 aromatic heterocycles. The highest BCUT2D eigenvalue weighted by Gasteiger charge is 2.13. The lowest BCUT2D eigenvalue weighted by atomic mass is 10.2. The van der Waals surface area contributed by atoms with Crippen LogP contribution in [0.2, 0.25) is 0 Å². The zero-order chi connectivity index (χ0) is 21.3. The first kappa shape index (κ1) is 20.0. The average molecular weight is 466 g/mol. The molecule has 152 valence electrons. The van der Waals surface area contributed by atoms with Crippen molar-refractivity contribution in [2.45, 2.75) is 13.8 Å². The summed E-state index contributed by atoms with van der Waals surface area (Å²) in [5.74, 6) is 0.621. The summed E-state index contributed by atoms with van der Waals surface area (Å²) in [5.41, 5.74) is 7.21. The van der Waals surface area contributed by atoms with E-state index in [0.717, 1.165) is 38.2 Å². The van der Waals surface area contributed by atoms with Crippen LogP contribution in [0.1, 0.15) is 27.5 Å². The molecule has 6 nitrogen and oxygen atoms in total. The quantitative estimate of drug-likeness (QED) is 0.318. The van der Waals surface area contributed by atoms with Gasteiger partial charge in [-0.05, 0) is 68.4 Å². The molecular weight excluding hydrogens is 446 g/mol. The van der Waals surface area contributed by atoms with E-state index in [2.05, 4.69) is 31.0 Å². The molecule has 0 aliphatic heterocycles. The lowest BCUT2D eigenvalue weighted by molar-refractivity contribution is 0.0929. The molecule has 4 aromatic rings. The number of ether oxygens (including phenoxy) is 1. The highest BCUT2D eigenvalue weighted by atomic mass is 79.9. The van der Waals surface area contributed by atoms with Crippen molar-refractivity contribution in [3.63, 3.8) is 0 Å². The minimum atomic E-state index is -0.400. The number of carbonyl (C=O) groups excluding carboxylic acids is 1. The molecule has 0 radical (unpaired) electrons. The van der Waals surface area contributed by atoms with Gasteiger partial charge in [0.05, 0.1) is 13.3 Å². The first-order chi connectivity index (χ1) is 14.5. The van der Waals surface area contributed by atoms with Gasteiger partial charge in [0, 0.05) is 32.5 Å². The summed E-state index contributed by atoms with van der Waals surface area (Å²) in [6, 6.07) is 17.1. The summed E-state index contributed by atoms with van der Waals surface area (Å²) >= 11 is 3.41. The Labute approximate surface area is 182 Å². The zero-order valence-corrected chi connectivity index (χ0v) is 18.4. The van der Waals surface area contributed by atoms with Gasteiger partial charge in [-0.15, -0.1) is 0 Å². The lowest BCUT2D eigenvalue weighted by Gasteiger charge is -2.10. The maximum atomic E-state index is 12.4. The van der Waals surface area contributed by atoms with Gasteiger partial charge in [-0.3, -0.25) is 4.79 Å². The molecule has 0 unspecified atom stereocenters. The molecular formula is C23H20BrN3O3. The van der Waals surface area contributed by atoms with Crippen molar-refractivity contribution in [2.24, 2.45) is 5.10 Å². The van der Waals surface area contributed by atoms with Crippen LogP contribution in [0.5, 0.6) is 5.75 Å². The summed E-state index contributed by atoms with van der Waals surface area (Å²) in [4.78, 5) is 12.4. The van der Waals surface area contributed by atoms with Crippen LogP contribution >= 0.6 is 15.9 Å². The van der Waals surface area contributed by atoms with E-state index in [1.807, 2.05) is 62.4 Å². The molecule has 30 heavy (non-hydrogen) atoms. The van der Waals surface area contributed by atoms with Crippen molar-refractivity contribution in [3.8, 4) is 11.4 Å². The van der Waals surface area contributed by atoms with Gasteiger partial charge in [-0.2, -0.15) is 5.10 Å². The van der Waals surface area contributed by atoms with Crippen molar-refractivity contribution < 1.29 is 13.9 Å². The fourth-order valence-electron chi connectivity index (χ4n) is 3.39. The molecule has 0 atom stereocenters. The molecule has 0 aliphatic carbocycles.